The molecule has 164 valence electrons. The molecule has 1 aliphatic heterocycles. The number of imidazole rings is 2. The first-order valence-corrected chi connectivity index (χ1v) is 11.0. The molecular formula is C24H23F2N5O. The number of halogens is 2. The molecule has 3 unspecified atom stereocenters. The second kappa shape index (κ2) is 7.12. The Morgan fingerprint density at radius 3 is 2.75 bits per heavy atom. The van der Waals surface area contributed by atoms with Crippen LogP contribution in [0, 0.1) is 35.3 Å². The van der Waals surface area contributed by atoms with Crippen LogP contribution in [0.15, 0.2) is 36.8 Å². The minimum atomic E-state index is -0.876. The maximum atomic E-state index is 13.7. The van der Waals surface area contributed by atoms with Crippen molar-refractivity contribution < 1.29 is 13.6 Å². The van der Waals surface area contributed by atoms with E-state index >= 15 is 0 Å². The van der Waals surface area contributed by atoms with Gasteiger partial charge in [-0.15, -0.1) is 0 Å². The van der Waals surface area contributed by atoms with Gasteiger partial charge < -0.3 is 9.88 Å². The van der Waals surface area contributed by atoms with Crippen LogP contribution in [0.2, 0.25) is 0 Å². The van der Waals surface area contributed by atoms with E-state index < -0.39 is 11.6 Å². The third-order valence-corrected chi connectivity index (χ3v) is 7.36. The summed E-state index contributed by atoms with van der Waals surface area (Å²) in [7, 11) is 0. The van der Waals surface area contributed by atoms with Crippen LogP contribution < -0.4 is 5.32 Å². The van der Waals surface area contributed by atoms with E-state index in [1.165, 1.54) is 6.07 Å². The van der Waals surface area contributed by atoms with Crippen LogP contribution >= 0.6 is 0 Å². The number of benzene rings is 1. The molecule has 1 N–H and O–H groups in total. The van der Waals surface area contributed by atoms with Crippen molar-refractivity contribution in [3.8, 4) is 0 Å². The third kappa shape index (κ3) is 3.00. The Morgan fingerprint density at radius 1 is 1.16 bits per heavy atom. The van der Waals surface area contributed by atoms with Crippen molar-refractivity contribution >= 4 is 35.0 Å². The maximum absolute atomic E-state index is 13.7. The van der Waals surface area contributed by atoms with Gasteiger partial charge in [0, 0.05) is 30.3 Å². The molecule has 8 heteroatoms. The highest BCUT2D eigenvalue weighted by Crippen LogP contribution is 2.64. The lowest BCUT2D eigenvalue weighted by Gasteiger charge is -2.20. The van der Waals surface area contributed by atoms with Crippen molar-refractivity contribution in [1.29, 1.82) is 0 Å². The van der Waals surface area contributed by atoms with Gasteiger partial charge in [0.1, 0.15) is 11.6 Å². The highest BCUT2D eigenvalue weighted by atomic mass is 19.2. The second-order valence-corrected chi connectivity index (χ2v) is 9.11. The molecule has 0 bridgehead atoms. The van der Waals surface area contributed by atoms with Crippen LogP contribution in [0.25, 0.3) is 23.3 Å². The lowest BCUT2D eigenvalue weighted by atomic mass is 9.96. The average Bonchev–Trinajstić information content (AvgIpc) is 3.03. The predicted octanol–water partition coefficient (Wildman–Crippen LogP) is 4.87. The summed E-state index contributed by atoms with van der Waals surface area (Å²) >= 11 is 0. The number of aromatic nitrogens is 4. The molecule has 2 aliphatic carbocycles. The number of hydrogen-bond acceptors (Lipinski definition) is 3. The van der Waals surface area contributed by atoms with E-state index in [-0.39, 0.29) is 17.9 Å². The van der Waals surface area contributed by atoms with Gasteiger partial charge in [0.05, 0.1) is 23.6 Å². The standard InChI is InChI=1S/C24H23F2N5O/c1-13(24(32)29-22-11-27-21-5-3-2-4-6-30(21)22)23-15-7-14(8-16(15)23)31-12-28-19-9-17(25)18(26)10-20(19)31/h3-6,9-16,23H,2,7-8H2,1H3,(H,29,32)/t13?,14?,15-,16+,23?. The molecule has 32 heavy (non-hydrogen) atoms. The molecule has 3 aliphatic rings. The molecule has 3 heterocycles. The van der Waals surface area contributed by atoms with Crippen molar-refractivity contribution in [2.45, 2.75) is 32.2 Å². The summed E-state index contributed by atoms with van der Waals surface area (Å²) in [6, 6.07) is 2.58. The van der Waals surface area contributed by atoms with Gasteiger partial charge in [-0.1, -0.05) is 19.1 Å². The molecule has 0 saturated heterocycles. The van der Waals surface area contributed by atoms with Gasteiger partial charge in [0.15, 0.2) is 11.6 Å². The van der Waals surface area contributed by atoms with E-state index in [0.29, 0.717) is 34.6 Å². The van der Waals surface area contributed by atoms with Crippen molar-refractivity contribution in [3.63, 3.8) is 0 Å². The minimum Gasteiger partial charge on any atom is -0.327 e. The van der Waals surface area contributed by atoms with Gasteiger partial charge in [-0.25, -0.2) is 18.7 Å². The van der Waals surface area contributed by atoms with E-state index in [1.807, 2.05) is 40.5 Å². The molecule has 5 atom stereocenters. The van der Waals surface area contributed by atoms with Crippen molar-refractivity contribution in [2.75, 3.05) is 5.32 Å². The highest BCUT2D eigenvalue weighted by molar-refractivity contribution is 5.92. The molecule has 6 nitrogen and oxygen atoms in total. The van der Waals surface area contributed by atoms with Crippen molar-refractivity contribution in [3.05, 3.63) is 54.3 Å². The van der Waals surface area contributed by atoms with Crippen molar-refractivity contribution in [1.82, 2.24) is 19.1 Å². The Balaban J connectivity index is 1.13. The number of nitrogens with one attached hydrogen (secondary N) is 1. The normalized spacial score (nSPS) is 26.6. The smallest absolute Gasteiger partial charge is 0.228 e. The third-order valence-electron chi connectivity index (χ3n) is 7.36. The number of carbonyl (C=O) groups is 1. The zero-order valence-corrected chi connectivity index (χ0v) is 17.6. The molecular weight excluding hydrogens is 412 g/mol. The van der Waals surface area contributed by atoms with E-state index in [0.717, 1.165) is 31.2 Å². The summed E-state index contributed by atoms with van der Waals surface area (Å²) in [6.07, 6.45) is 14.0. The molecule has 1 amide bonds. The first kappa shape index (κ1) is 19.4. The number of hydrogen-bond donors (Lipinski definition) is 1. The lowest BCUT2D eigenvalue weighted by molar-refractivity contribution is -0.120. The van der Waals surface area contributed by atoms with Gasteiger partial charge in [0.25, 0.3) is 0 Å². The van der Waals surface area contributed by atoms with Crippen LogP contribution in [0.4, 0.5) is 14.6 Å². The Labute approximate surface area is 183 Å². The Kier molecular flexibility index (Phi) is 4.31. The monoisotopic (exact) mass is 435 g/mol. The Morgan fingerprint density at radius 2 is 1.94 bits per heavy atom. The summed E-state index contributed by atoms with van der Waals surface area (Å²) in [4.78, 5) is 21.6. The average molecular weight is 435 g/mol. The first-order valence-electron chi connectivity index (χ1n) is 11.0. The molecule has 0 spiro atoms. The van der Waals surface area contributed by atoms with Crippen molar-refractivity contribution in [2.24, 2.45) is 23.7 Å². The number of rotatable bonds is 4. The summed E-state index contributed by atoms with van der Waals surface area (Å²) in [5.74, 6) is 0.940. The molecule has 1 aromatic carbocycles. The first-order chi connectivity index (χ1) is 15.5. The van der Waals surface area contributed by atoms with Crippen LogP contribution in [0.3, 0.4) is 0 Å². The fraction of sp³-hybridized carbons (Fsp3) is 0.375. The maximum Gasteiger partial charge on any atom is 0.228 e. The van der Waals surface area contributed by atoms with Crippen LogP contribution in [-0.2, 0) is 4.79 Å². The predicted molar refractivity (Wildman–Crippen MR) is 117 cm³/mol. The summed E-state index contributed by atoms with van der Waals surface area (Å²) in [5.41, 5.74) is 1.10. The number of carbonyl (C=O) groups excluding carboxylic acids is 1. The molecule has 2 fully saturated rings. The largest absolute Gasteiger partial charge is 0.327 e. The highest BCUT2D eigenvalue weighted by Gasteiger charge is 2.59. The zero-order valence-electron chi connectivity index (χ0n) is 17.6. The molecule has 0 radical (unpaired) electrons. The Bertz CT molecular complexity index is 1280. The number of fused-ring (bicyclic) bond motifs is 3. The van der Waals surface area contributed by atoms with Gasteiger partial charge in [0.2, 0.25) is 5.91 Å². The van der Waals surface area contributed by atoms with E-state index in [4.69, 9.17) is 0 Å². The lowest BCUT2D eigenvalue weighted by Crippen LogP contribution is -2.25. The van der Waals surface area contributed by atoms with Gasteiger partial charge in [-0.3, -0.25) is 9.36 Å². The molecule has 6 rings (SSSR count). The number of allylic oxidation sites excluding steroid dienone is 2. The van der Waals surface area contributed by atoms with Gasteiger partial charge in [-0.05, 0) is 43.1 Å². The quantitative estimate of drug-likeness (QED) is 0.636. The Hall–Kier alpha value is -3.29. The van der Waals surface area contributed by atoms with Crippen LogP contribution in [0.5, 0.6) is 0 Å². The molecule has 2 saturated carbocycles. The number of anilines is 1. The second-order valence-electron chi connectivity index (χ2n) is 9.11. The van der Waals surface area contributed by atoms with Gasteiger partial charge >= 0.3 is 0 Å². The SMILES string of the molecule is CC(C(=O)Nc1cnc2n1C=CCC=C2)C1[C@H]2CC(n3cnc4cc(F)c(F)cc43)C[C@@H]12. The van der Waals surface area contributed by atoms with Crippen LogP contribution in [0.1, 0.15) is 38.1 Å². The van der Waals surface area contributed by atoms with Gasteiger partial charge in [-0.2, -0.15) is 0 Å². The number of amides is 1. The number of nitrogens with zero attached hydrogens (tertiary/aromatic N) is 4. The topological polar surface area (TPSA) is 64.7 Å². The summed E-state index contributed by atoms with van der Waals surface area (Å²) in [5, 5.41) is 3.05. The van der Waals surface area contributed by atoms with E-state index in [9.17, 15) is 13.6 Å². The summed E-state index contributed by atoms with van der Waals surface area (Å²) in [6.45, 7) is 1.99. The van der Waals surface area contributed by atoms with E-state index in [1.54, 1.807) is 12.5 Å². The molecule has 3 aromatic rings. The van der Waals surface area contributed by atoms with E-state index in [2.05, 4.69) is 15.3 Å². The zero-order chi connectivity index (χ0) is 22.0. The summed E-state index contributed by atoms with van der Waals surface area (Å²) < 4.78 is 31.1. The molecule has 2 aromatic heterocycles. The fourth-order valence-corrected chi connectivity index (χ4v) is 5.73. The minimum absolute atomic E-state index is 0.0101. The fourth-order valence-electron chi connectivity index (χ4n) is 5.73. The van der Waals surface area contributed by atoms with Crippen LogP contribution in [-0.4, -0.2) is 25.0 Å².